The third-order valence-electron chi connectivity index (χ3n) is 5.47. The molecule has 0 aliphatic carbocycles. The Hall–Kier alpha value is -2.10. The zero-order chi connectivity index (χ0) is 21.4. The number of carbonyl (C=O) groups excluding carboxylic acids is 1. The molecule has 2 aromatic rings. The van der Waals surface area contributed by atoms with Gasteiger partial charge in [-0.3, -0.25) is 4.98 Å². The topological polar surface area (TPSA) is 42.4 Å². The van der Waals surface area contributed by atoms with Gasteiger partial charge in [0.25, 0.3) is 0 Å². The van der Waals surface area contributed by atoms with Crippen molar-refractivity contribution in [2.75, 3.05) is 13.1 Å². The molecule has 4 heteroatoms. The quantitative estimate of drug-likeness (QED) is 0.486. The van der Waals surface area contributed by atoms with E-state index in [1.165, 1.54) is 16.3 Å². The van der Waals surface area contributed by atoms with Crippen LogP contribution in [0.25, 0.3) is 10.8 Å². The number of hydrogen-bond donors (Lipinski definition) is 0. The lowest BCUT2D eigenvalue weighted by atomic mass is 9.85. The van der Waals surface area contributed by atoms with E-state index in [4.69, 9.17) is 4.74 Å². The van der Waals surface area contributed by atoms with E-state index in [-0.39, 0.29) is 6.09 Å². The molecule has 1 aromatic heterocycles. The van der Waals surface area contributed by atoms with Crippen molar-refractivity contribution in [3.8, 4) is 0 Å². The van der Waals surface area contributed by atoms with Crippen LogP contribution in [0, 0.1) is 11.8 Å². The number of fused-ring (bicyclic) bond motifs is 1. The molecule has 0 aliphatic heterocycles. The summed E-state index contributed by atoms with van der Waals surface area (Å²) in [4.78, 5) is 18.8. The molecule has 0 radical (unpaired) electrons. The van der Waals surface area contributed by atoms with Crippen molar-refractivity contribution >= 4 is 16.9 Å². The molecule has 1 amide bonds. The Morgan fingerprint density at radius 3 is 2.59 bits per heavy atom. The molecule has 1 unspecified atom stereocenters. The van der Waals surface area contributed by atoms with Gasteiger partial charge in [-0.2, -0.15) is 0 Å². The van der Waals surface area contributed by atoms with Crippen molar-refractivity contribution in [1.82, 2.24) is 9.88 Å². The summed E-state index contributed by atoms with van der Waals surface area (Å²) in [6.07, 6.45) is 7.74. The highest BCUT2D eigenvalue weighted by Crippen LogP contribution is 2.25. The smallest absolute Gasteiger partial charge is 0.410 e. The second-order valence-corrected chi connectivity index (χ2v) is 9.19. The number of pyridine rings is 1. The molecule has 0 N–H and O–H groups in total. The molecule has 0 aliphatic rings. The van der Waals surface area contributed by atoms with Gasteiger partial charge in [0.15, 0.2) is 0 Å². The Morgan fingerprint density at radius 2 is 1.93 bits per heavy atom. The van der Waals surface area contributed by atoms with Gasteiger partial charge >= 0.3 is 6.09 Å². The predicted molar refractivity (Wildman–Crippen MR) is 121 cm³/mol. The van der Waals surface area contributed by atoms with Crippen molar-refractivity contribution in [2.24, 2.45) is 11.8 Å². The number of rotatable bonds is 9. The van der Waals surface area contributed by atoms with Crippen LogP contribution >= 0.6 is 0 Å². The van der Waals surface area contributed by atoms with Gasteiger partial charge in [0.1, 0.15) is 5.60 Å². The minimum absolute atomic E-state index is 0.189. The third kappa shape index (κ3) is 7.34. The van der Waals surface area contributed by atoms with Crippen molar-refractivity contribution in [1.29, 1.82) is 0 Å². The molecule has 1 aromatic carbocycles. The Kier molecular flexibility index (Phi) is 8.48. The highest BCUT2D eigenvalue weighted by Gasteiger charge is 2.26. The largest absolute Gasteiger partial charge is 0.444 e. The van der Waals surface area contributed by atoms with Crippen LogP contribution in [-0.2, 0) is 11.2 Å². The first-order valence-corrected chi connectivity index (χ1v) is 11.0. The van der Waals surface area contributed by atoms with Gasteiger partial charge in [-0.15, -0.1) is 0 Å². The van der Waals surface area contributed by atoms with E-state index in [1.807, 2.05) is 38.1 Å². The van der Waals surface area contributed by atoms with Gasteiger partial charge in [0.2, 0.25) is 0 Å². The number of aromatic nitrogens is 1. The minimum Gasteiger partial charge on any atom is -0.444 e. The number of nitrogens with zero attached hydrogens (tertiary/aromatic N) is 2. The zero-order valence-corrected chi connectivity index (χ0v) is 19.1. The first-order valence-electron chi connectivity index (χ1n) is 11.0. The number of hydrogen-bond acceptors (Lipinski definition) is 3. The van der Waals surface area contributed by atoms with Gasteiger partial charge in [0, 0.05) is 30.9 Å². The van der Waals surface area contributed by atoms with E-state index in [2.05, 4.69) is 50.0 Å². The number of amides is 1. The summed E-state index contributed by atoms with van der Waals surface area (Å²) in [6.45, 7) is 13.9. The molecule has 0 spiro atoms. The molecule has 4 nitrogen and oxygen atoms in total. The van der Waals surface area contributed by atoms with E-state index in [1.54, 1.807) is 0 Å². The summed E-state index contributed by atoms with van der Waals surface area (Å²) in [5.74, 6) is 0.915. The fourth-order valence-electron chi connectivity index (χ4n) is 3.74. The lowest BCUT2D eigenvalue weighted by molar-refractivity contribution is 0.0203. The SMILES string of the molecule is CCCCN(C[C@@H](C)C(CC)Cc1ccc2cnccc2c1)C(=O)OC(C)(C)C. The summed E-state index contributed by atoms with van der Waals surface area (Å²) in [7, 11) is 0. The minimum atomic E-state index is -0.463. The summed E-state index contributed by atoms with van der Waals surface area (Å²) >= 11 is 0. The average Bonchev–Trinajstić information content (AvgIpc) is 2.67. The van der Waals surface area contributed by atoms with Crippen LogP contribution in [0.3, 0.4) is 0 Å². The molecule has 2 atom stereocenters. The summed E-state index contributed by atoms with van der Waals surface area (Å²) in [5, 5.41) is 2.41. The fourth-order valence-corrected chi connectivity index (χ4v) is 3.74. The van der Waals surface area contributed by atoms with E-state index in [9.17, 15) is 4.79 Å². The molecular weight excluding hydrogens is 360 g/mol. The first kappa shape index (κ1) is 23.2. The molecule has 1 heterocycles. The Labute approximate surface area is 176 Å². The molecule has 0 fully saturated rings. The van der Waals surface area contributed by atoms with Crippen LogP contribution < -0.4 is 0 Å². The van der Waals surface area contributed by atoms with E-state index < -0.39 is 5.60 Å². The number of benzene rings is 1. The average molecular weight is 399 g/mol. The molecule has 0 bridgehead atoms. The van der Waals surface area contributed by atoms with Crippen LogP contribution in [0.5, 0.6) is 0 Å². The monoisotopic (exact) mass is 398 g/mol. The highest BCUT2D eigenvalue weighted by molar-refractivity contribution is 5.82. The standard InChI is InChI=1S/C25H38N2O2/c1-7-9-14-27(24(28)29-25(4,5)6)18-19(3)21(8-2)15-20-10-11-23-17-26-13-12-22(23)16-20/h10-13,16-17,19,21H,7-9,14-15,18H2,1-6H3/t19-,21?/m1/s1. The van der Waals surface area contributed by atoms with Crippen molar-refractivity contribution in [2.45, 2.75) is 72.8 Å². The van der Waals surface area contributed by atoms with Gasteiger partial charge < -0.3 is 9.64 Å². The maximum Gasteiger partial charge on any atom is 0.410 e. The van der Waals surface area contributed by atoms with Crippen LogP contribution in [0.4, 0.5) is 4.79 Å². The fraction of sp³-hybridized carbons (Fsp3) is 0.600. The van der Waals surface area contributed by atoms with E-state index in [0.717, 1.165) is 38.8 Å². The number of unbranched alkanes of at least 4 members (excludes halogenated alkanes) is 1. The second kappa shape index (κ2) is 10.6. The van der Waals surface area contributed by atoms with Crippen LogP contribution in [0.2, 0.25) is 0 Å². The highest BCUT2D eigenvalue weighted by atomic mass is 16.6. The van der Waals surface area contributed by atoms with E-state index in [0.29, 0.717) is 11.8 Å². The van der Waals surface area contributed by atoms with Gasteiger partial charge in [-0.1, -0.05) is 51.8 Å². The van der Waals surface area contributed by atoms with E-state index >= 15 is 0 Å². The second-order valence-electron chi connectivity index (χ2n) is 9.19. The summed E-state index contributed by atoms with van der Waals surface area (Å²) in [5.41, 5.74) is 0.884. The maximum atomic E-state index is 12.7. The number of ether oxygens (including phenoxy) is 1. The normalized spacial score (nSPS) is 13.9. The summed E-state index contributed by atoms with van der Waals surface area (Å²) < 4.78 is 5.66. The zero-order valence-electron chi connectivity index (χ0n) is 19.1. The predicted octanol–water partition coefficient (Wildman–Crippen LogP) is 6.48. The first-order chi connectivity index (χ1) is 13.7. The van der Waals surface area contributed by atoms with Gasteiger partial charge in [0.05, 0.1) is 0 Å². The third-order valence-corrected chi connectivity index (χ3v) is 5.47. The maximum absolute atomic E-state index is 12.7. The molecule has 29 heavy (non-hydrogen) atoms. The molecule has 0 saturated carbocycles. The van der Waals surface area contributed by atoms with Crippen molar-refractivity contribution in [3.63, 3.8) is 0 Å². The lowest BCUT2D eigenvalue weighted by Crippen LogP contribution is -2.41. The van der Waals surface area contributed by atoms with Crippen molar-refractivity contribution < 1.29 is 9.53 Å². The number of carbonyl (C=O) groups is 1. The van der Waals surface area contributed by atoms with Crippen LogP contribution in [-0.4, -0.2) is 34.7 Å². The Bertz CT molecular complexity index is 782. The van der Waals surface area contributed by atoms with Crippen LogP contribution in [0.1, 0.15) is 66.4 Å². The molecular formula is C25H38N2O2. The molecule has 0 saturated heterocycles. The molecule has 2 rings (SSSR count). The van der Waals surface area contributed by atoms with Gasteiger partial charge in [-0.25, -0.2) is 4.79 Å². The molecule has 160 valence electrons. The summed E-state index contributed by atoms with van der Waals surface area (Å²) in [6, 6.07) is 8.71. The lowest BCUT2D eigenvalue weighted by Gasteiger charge is -2.32. The van der Waals surface area contributed by atoms with Crippen LogP contribution in [0.15, 0.2) is 36.7 Å². The Morgan fingerprint density at radius 1 is 1.17 bits per heavy atom. The van der Waals surface area contributed by atoms with Crippen molar-refractivity contribution in [3.05, 3.63) is 42.2 Å². The Balaban J connectivity index is 2.07. The van der Waals surface area contributed by atoms with Gasteiger partial charge in [-0.05, 0) is 62.5 Å².